The van der Waals surface area contributed by atoms with E-state index in [4.69, 9.17) is 10.5 Å². The number of anilines is 1. The van der Waals surface area contributed by atoms with Crippen molar-refractivity contribution < 1.29 is 18.7 Å². The lowest BCUT2D eigenvalue weighted by Crippen LogP contribution is -2.43. The van der Waals surface area contributed by atoms with Gasteiger partial charge in [0.1, 0.15) is 17.2 Å². The first-order valence-corrected chi connectivity index (χ1v) is 10.3. The van der Waals surface area contributed by atoms with Crippen LogP contribution in [0, 0.1) is 5.82 Å². The molecule has 1 fully saturated rings. The number of hydrogen-bond acceptors (Lipinski definition) is 6. The Morgan fingerprint density at radius 3 is 2.45 bits per heavy atom. The van der Waals surface area contributed by atoms with Gasteiger partial charge in [-0.05, 0) is 25.3 Å². The number of halogens is 1. The summed E-state index contributed by atoms with van der Waals surface area (Å²) in [6.07, 6.45) is 2.84. The normalized spacial score (nSPS) is 15.1. The van der Waals surface area contributed by atoms with Gasteiger partial charge >= 0.3 is 11.7 Å². The van der Waals surface area contributed by atoms with Gasteiger partial charge in [0.2, 0.25) is 5.78 Å². The highest BCUT2D eigenvalue weighted by Crippen LogP contribution is 2.43. The van der Waals surface area contributed by atoms with Crippen LogP contribution in [0.2, 0.25) is 0 Å². The number of nitrogens with zero attached hydrogens (tertiary/aromatic N) is 2. The summed E-state index contributed by atoms with van der Waals surface area (Å²) >= 11 is 0. The van der Waals surface area contributed by atoms with Gasteiger partial charge in [0, 0.05) is 19.2 Å². The summed E-state index contributed by atoms with van der Waals surface area (Å²) in [5.41, 5.74) is 3.17. The highest BCUT2D eigenvalue weighted by Gasteiger charge is 2.46. The summed E-state index contributed by atoms with van der Waals surface area (Å²) in [4.78, 5) is 50.5. The van der Waals surface area contributed by atoms with Crippen LogP contribution < -0.4 is 17.0 Å². The van der Waals surface area contributed by atoms with Crippen LogP contribution in [0.4, 0.5) is 10.2 Å². The predicted octanol–water partition coefficient (Wildman–Crippen LogP) is 1.92. The predicted molar refractivity (Wildman–Crippen MR) is 112 cm³/mol. The Hall–Kier alpha value is -3.23. The maximum atomic E-state index is 14.4. The molecule has 0 spiro atoms. The summed E-state index contributed by atoms with van der Waals surface area (Å²) in [6, 6.07) is 6.03. The van der Waals surface area contributed by atoms with E-state index in [-0.39, 0.29) is 17.9 Å². The van der Waals surface area contributed by atoms with Gasteiger partial charge in [-0.25, -0.2) is 9.18 Å². The Bertz CT molecular complexity index is 1130. The molecule has 1 aliphatic rings. The second kappa shape index (κ2) is 8.87. The van der Waals surface area contributed by atoms with Crippen LogP contribution in [0.25, 0.3) is 0 Å². The Kier molecular flexibility index (Phi) is 6.42. The lowest BCUT2D eigenvalue weighted by molar-refractivity contribution is -0.149. The van der Waals surface area contributed by atoms with E-state index in [0.29, 0.717) is 19.3 Å². The van der Waals surface area contributed by atoms with E-state index >= 15 is 0 Å². The summed E-state index contributed by atoms with van der Waals surface area (Å²) in [7, 11) is 1.25. The van der Waals surface area contributed by atoms with Crippen molar-refractivity contribution in [2.45, 2.75) is 51.0 Å². The van der Waals surface area contributed by atoms with Crippen molar-refractivity contribution in [3.63, 3.8) is 0 Å². The van der Waals surface area contributed by atoms with E-state index in [9.17, 15) is 23.6 Å². The van der Waals surface area contributed by atoms with Crippen LogP contribution in [0.5, 0.6) is 0 Å². The summed E-state index contributed by atoms with van der Waals surface area (Å²) in [5.74, 6) is -2.27. The maximum absolute atomic E-state index is 14.4. The number of Topliss-reactive ketones (excluding diaryl/α,β-unsaturated/α-hetero) is 1. The summed E-state index contributed by atoms with van der Waals surface area (Å²) in [6.45, 7) is 1.33. The van der Waals surface area contributed by atoms with E-state index in [0.717, 1.165) is 22.0 Å². The SMILES string of the molecule is CCCn1c(N)c(C(=O)COC(=O)C2(c3ccccc3F)CCCC2)c(=O)n(C)c1=O. The number of benzene rings is 1. The molecule has 1 saturated carbocycles. The Labute approximate surface area is 178 Å². The molecular weight excluding hydrogens is 405 g/mol. The van der Waals surface area contributed by atoms with Crippen LogP contribution in [0.15, 0.2) is 33.9 Å². The minimum absolute atomic E-state index is 0.231. The first-order chi connectivity index (χ1) is 14.7. The highest BCUT2D eigenvalue weighted by atomic mass is 19.1. The minimum atomic E-state index is -1.16. The number of aromatic nitrogens is 2. The van der Waals surface area contributed by atoms with Gasteiger partial charge in [0.05, 0.1) is 5.41 Å². The van der Waals surface area contributed by atoms with E-state index in [1.807, 2.05) is 6.92 Å². The van der Waals surface area contributed by atoms with Gasteiger partial charge in [0.25, 0.3) is 5.56 Å². The van der Waals surface area contributed by atoms with Gasteiger partial charge < -0.3 is 10.5 Å². The molecule has 1 aromatic carbocycles. The van der Waals surface area contributed by atoms with Crippen molar-refractivity contribution in [2.75, 3.05) is 12.3 Å². The zero-order valence-electron chi connectivity index (χ0n) is 17.7. The second-order valence-electron chi connectivity index (χ2n) is 7.83. The Balaban J connectivity index is 1.89. The molecule has 3 rings (SSSR count). The maximum Gasteiger partial charge on any atom is 0.332 e. The van der Waals surface area contributed by atoms with Gasteiger partial charge in [-0.2, -0.15) is 0 Å². The van der Waals surface area contributed by atoms with Crippen LogP contribution in [0.3, 0.4) is 0 Å². The number of ether oxygens (including phenoxy) is 1. The Morgan fingerprint density at radius 2 is 1.84 bits per heavy atom. The van der Waals surface area contributed by atoms with Crippen LogP contribution >= 0.6 is 0 Å². The zero-order chi connectivity index (χ0) is 22.8. The standard InChI is InChI=1S/C22H26FN3O5/c1-3-12-26-18(24)17(19(28)25(2)21(26)30)16(27)13-31-20(29)22(10-6-7-11-22)14-8-4-5-9-15(14)23/h4-5,8-9H,3,6-7,10-13,24H2,1-2H3. The van der Waals surface area contributed by atoms with Crippen LogP contribution in [-0.2, 0) is 28.5 Å². The molecule has 0 amide bonds. The van der Waals surface area contributed by atoms with E-state index < -0.39 is 46.4 Å². The Morgan fingerprint density at radius 1 is 1.19 bits per heavy atom. The molecule has 2 aromatic rings. The quantitative estimate of drug-likeness (QED) is 0.529. The average Bonchev–Trinajstić information content (AvgIpc) is 3.25. The molecule has 9 heteroatoms. The van der Waals surface area contributed by atoms with Crippen molar-refractivity contribution in [3.8, 4) is 0 Å². The fraction of sp³-hybridized carbons (Fsp3) is 0.455. The fourth-order valence-electron chi connectivity index (χ4n) is 4.24. The monoisotopic (exact) mass is 431 g/mol. The number of carbonyl (C=O) groups excluding carboxylic acids is 2. The van der Waals surface area contributed by atoms with Crippen molar-refractivity contribution in [1.29, 1.82) is 0 Å². The molecule has 0 unspecified atom stereocenters. The molecule has 1 heterocycles. The minimum Gasteiger partial charge on any atom is -0.457 e. The summed E-state index contributed by atoms with van der Waals surface area (Å²) in [5, 5.41) is 0. The number of hydrogen-bond donors (Lipinski definition) is 1. The number of rotatable bonds is 7. The van der Waals surface area contributed by atoms with Crippen molar-refractivity contribution >= 4 is 17.6 Å². The molecule has 1 aromatic heterocycles. The largest absolute Gasteiger partial charge is 0.457 e. The molecular formula is C22H26FN3O5. The van der Waals surface area contributed by atoms with Gasteiger partial charge in [0.15, 0.2) is 6.61 Å². The molecule has 0 atom stereocenters. The molecule has 166 valence electrons. The molecule has 8 nitrogen and oxygen atoms in total. The molecule has 31 heavy (non-hydrogen) atoms. The van der Waals surface area contributed by atoms with Crippen molar-refractivity contribution in [2.24, 2.45) is 7.05 Å². The van der Waals surface area contributed by atoms with Crippen LogP contribution in [0.1, 0.15) is 54.9 Å². The van der Waals surface area contributed by atoms with E-state index in [1.165, 1.54) is 13.1 Å². The molecule has 0 radical (unpaired) electrons. The third-order valence-electron chi connectivity index (χ3n) is 5.88. The van der Waals surface area contributed by atoms with Crippen molar-refractivity contribution in [1.82, 2.24) is 9.13 Å². The summed E-state index contributed by atoms with van der Waals surface area (Å²) < 4.78 is 21.7. The number of ketones is 1. The first kappa shape index (κ1) is 22.5. The van der Waals surface area contributed by atoms with Crippen molar-refractivity contribution in [3.05, 3.63) is 62.0 Å². The smallest absolute Gasteiger partial charge is 0.332 e. The molecule has 0 aliphatic heterocycles. The van der Waals surface area contributed by atoms with Gasteiger partial charge in [-0.15, -0.1) is 0 Å². The number of nitrogens with two attached hydrogens (primary N) is 1. The molecule has 0 saturated heterocycles. The first-order valence-electron chi connectivity index (χ1n) is 10.3. The van der Waals surface area contributed by atoms with Gasteiger partial charge in [-0.3, -0.25) is 23.5 Å². The van der Waals surface area contributed by atoms with E-state index in [1.54, 1.807) is 18.2 Å². The molecule has 0 bridgehead atoms. The third-order valence-corrected chi connectivity index (χ3v) is 5.88. The van der Waals surface area contributed by atoms with E-state index in [2.05, 4.69) is 0 Å². The highest BCUT2D eigenvalue weighted by molar-refractivity contribution is 6.01. The second-order valence-corrected chi connectivity index (χ2v) is 7.83. The fourth-order valence-corrected chi connectivity index (χ4v) is 4.24. The number of esters is 1. The average molecular weight is 431 g/mol. The molecule has 1 aliphatic carbocycles. The lowest BCUT2D eigenvalue weighted by Gasteiger charge is -2.27. The zero-order valence-corrected chi connectivity index (χ0v) is 17.7. The number of carbonyl (C=O) groups is 2. The third kappa shape index (κ3) is 3.92. The van der Waals surface area contributed by atoms with Crippen LogP contribution in [-0.4, -0.2) is 27.5 Å². The lowest BCUT2D eigenvalue weighted by atomic mass is 9.78. The number of nitrogen functional groups attached to an aromatic ring is 1. The van der Waals surface area contributed by atoms with Gasteiger partial charge in [-0.1, -0.05) is 38.0 Å². The topological polar surface area (TPSA) is 113 Å². The molecule has 2 N–H and O–H groups in total.